The van der Waals surface area contributed by atoms with Gasteiger partial charge in [-0.3, -0.25) is 0 Å². The van der Waals surface area contributed by atoms with Crippen molar-refractivity contribution in [1.82, 2.24) is 0 Å². The number of anilines is 1. The van der Waals surface area contributed by atoms with Crippen LogP contribution in [0.5, 0.6) is 0 Å². The summed E-state index contributed by atoms with van der Waals surface area (Å²) in [4.78, 5) is 10.3. The Morgan fingerprint density at radius 3 is 2.72 bits per heavy atom. The van der Waals surface area contributed by atoms with Gasteiger partial charge in [-0.05, 0) is 43.4 Å². The standard InChI is InChI=1S/C12H16ClFN2O2/c13-9-7-10(14)11(15)6-8(9)4-2-1-3-5-18-12(16)17/h6-7H,1-5,15H2,(H2,16,17). The molecular formula is C12H16ClFN2O2. The Bertz CT molecular complexity index is 427. The third-order valence-corrected chi connectivity index (χ3v) is 2.85. The van der Waals surface area contributed by atoms with Crippen LogP contribution >= 0.6 is 11.6 Å². The molecule has 6 heteroatoms. The van der Waals surface area contributed by atoms with Crippen LogP contribution in [-0.2, 0) is 11.2 Å². The molecule has 0 heterocycles. The van der Waals surface area contributed by atoms with Gasteiger partial charge in [0.15, 0.2) is 0 Å². The van der Waals surface area contributed by atoms with E-state index in [0.29, 0.717) is 18.1 Å². The van der Waals surface area contributed by atoms with E-state index in [1.807, 2.05) is 0 Å². The van der Waals surface area contributed by atoms with E-state index in [1.165, 1.54) is 6.07 Å². The van der Waals surface area contributed by atoms with Crippen LogP contribution in [-0.4, -0.2) is 12.7 Å². The minimum Gasteiger partial charge on any atom is -0.450 e. The van der Waals surface area contributed by atoms with Crippen LogP contribution < -0.4 is 11.5 Å². The maximum absolute atomic E-state index is 13.1. The summed E-state index contributed by atoms with van der Waals surface area (Å²) in [5.41, 5.74) is 11.2. The van der Waals surface area contributed by atoms with Gasteiger partial charge in [-0.15, -0.1) is 0 Å². The molecule has 1 amide bonds. The largest absolute Gasteiger partial charge is 0.450 e. The molecule has 0 aromatic heterocycles. The molecule has 1 aromatic carbocycles. The van der Waals surface area contributed by atoms with Gasteiger partial charge in [-0.25, -0.2) is 9.18 Å². The molecule has 0 atom stereocenters. The SMILES string of the molecule is NC(=O)OCCCCCc1cc(N)c(F)cc1Cl. The Morgan fingerprint density at radius 2 is 2.06 bits per heavy atom. The Labute approximate surface area is 110 Å². The third kappa shape index (κ3) is 4.79. The third-order valence-electron chi connectivity index (χ3n) is 2.50. The number of ether oxygens (including phenoxy) is 1. The van der Waals surface area contributed by atoms with Crippen molar-refractivity contribution in [1.29, 1.82) is 0 Å². The van der Waals surface area contributed by atoms with Crippen molar-refractivity contribution in [3.8, 4) is 0 Å². The van der Waals surface area contributed by atoms with Crippen LogP contribution in [0, 0.1) is 5.82 Å². The number of primary amides is 1. The fraction of sp³-hybridized carbons (Fsp3) is 0.417. The zero-order chi connectivity index (χ0) is 13.5. The van der Waals surface area contributed by atoms with Gasteiger partial charge in [0.1, 0.15) is 5.82 Å². The molecule has 4 N–H and O–H groups in total. The molecule has 0 fully saturated rings. The lowest BCUT2D eigenvalue weighted by atomic mass is 10.1. The summed E-state index contributed by atoms with van der Waals surface area (Å²) in [7, 11) is 0. The molecule has 0 spiro atoms. The second-order valence-corrected chi connectivity index (χ2v) is 4.35. The number of halogens is 2. The maximum atomic E-state index is 13.1. The van der Waals surface area contributed by atoms with Crippen molar-refractivity contribution in [3.05, 3.63) is 28.5 Å². The molecule has 0 aliphatic carbocycles. The van der Waals surface area contributed by atoms with Gasteiger partial charge < -0.3 is 16.2 Å². The van der Waals surface area contributed by atoms with Crippen LogP contribution in [0.4, 0.5) is 14.9 Å². The van der Waals surface area contributed by atoms with Gasteiger partial charge in [-0.2, -0.15) is 0 Å². The smallest absolute Gasteiger partial charge is 0.404 e. The molecule has 0 saturated carbocycles. The molecule has 4 nitrogen and oxygen atoms in total. The molecule has 1 rings (SSSR count). The number of aryl methyl sites for hydroxylation is 1. The summed E-state index contributed by atoms with van der Waals surface area (Å²) in [6.07, 6.45) is 2.40. The van der Waals surface area contributed by atoms with Gasteiger partial charge >= 0.3 is 6.09 Å². The first-order valence-corrected chi connectivity index (χ1v) is 6.04. The summed E-state index contributed by atoms with van der Waals surface area (Å²) in [6.45, 7) is 0.314. The number of carbonyl (C=O) groups is 1. The van der Waals surface area contributed by atoms with E-state index >= 15 is 0 Å². The highest BCUT2D eigenvalue weighted by Crippen LogP contribution is 2.23. The molecule has 0 radical (unpaired) electrons. The van der Waals surface area contributed by atoms with Crippen molar-refractivity contribution < 1.29 is 13.9 Å². The lowest BCUT2D eigenvalue weighted by Crippen LogP contribution is -2.13. The monoisotopic (exact) mass is 274 g/mol. The summed E-state index contributed by atoms with van der Waals surface area (Å²) >= 11 is 5.90. The summed E-state index contributed by atoms with van der Waals surface area (Å²) in [5, 5.41) is 0.384. The van der Waals surface area contributed by atoms with Gasteiger partial charge in [0, 0.05) is 5.02 Å². The molecular weight excluding hydrogens is 259 g/mol. The van der Waals surface area contributed by atoms with Crippen molar-refractivity contribution >= 4 is 23.4 Å². The number of nitrogens with two attached hydrogens (primary N) is 2. The number of benzene rings is 1. The molecule has 100 valence electrons. The fourth-order valence-electron chi connectivity index (χ4n) is 1.57. The van der Waals surface area contributed by atoms with E-state index in [0.717, 1.165) is 24.8 Å². The number of unbranched alkanes of at least 4 members (excludes halogenated alkanes) is 2. The molecule has 0 aliphatic heterocycles. The quantitative estimate of drug-likeness (QED) is 0.618. The fourth-order valence-corrected chi connectivity index (χ4v) is 1.82. The van der Waals surface area contributed by atoms with E-state index < -0.39 is 11.9 Å². The van der Waals surface area contributed by atoms with Crippen LogP contribution in [0.3, 0.4) is 0 Å². The minimum absolute atomic E-state index is 0.103. The highest BCUT2D eigenvalue weighted by molar-refractivity contribution is 6.31. The summed E-state index contributed by atoms with van der Waals surface area (Å²) in [5.74, 6) is -0.501. The number of nitrogen functional groups attached to an aromatic ring is 1. The number of hydrogen-bond donors (Lipinski definition) is 2. The average molecular weight is 275 g/mol. The number of amides is 1. The van der Waals surface area contributed by atoms with Gasteiger partial charge in [0.2, 0.25) is 0 Å². The second kappa shape index (κ2) is 7.06. The summed E-state index contributed by atoms with van der Waals surface area (Å²) < 4.78 is 17.7. The Hall–Kier alpha value is -1.49. The molecule has 18 heavy (non-hydrogen) atoms. The van der Waals surface area contributed by atoms with E-state index in [9.17, 15) is 9.18 Å². The van der Waals surface area contributed by atoms with Crippen molar-refractivity contribution in [2.45, 2.75) is 25.7 Å². The molecule has 0 saturated heterocycles. The molecule has 0 aliphatic rings. The Balaban J connectivity index is 2.31. The van der Waals surface area contributed by atoms with Crippen molar-refractivity contribution in [3.63, 3.8) is 0 Å². The Morgan fingerprint density at radius 1 is 1.33 bits per heavy atom. The predicted octanol–water partition coefficient (Wildman–Crippen LogP) is 2.87. The molecule has 0 bridgehead atoms. The molecule has 0 unspecified atom stereocenters. The molecule has 1 aromatic rings. The van der Waals surface area contributed by atoms with E-state index in [1.54, 1.807) is 6.07 Å². The minimum atomic E-state index is -0.760. The first-order valence-electron chi connectivity index (χ1n) is 5.66. The lowest BCUT2D eigenvalue weighted by Gasteiger charge is -2.06. The van der Waals surface area contributed by atoms with Crippen LogP contribution in [0.25, 0.3) is 0 Å². The van der Waals surface area contributed by atoms with Crippen LogP contribution in [0.2, 0.25) is 5.02 Å². The number of rotatable bonds is 6. The number of carbonyl (C=O) groups excluding carboxylic acids is 1. The van der Waals surface area contributed by atoms with Gasteiger partial charge in [-0.1, -0.05) is 11.6 Å². The maximum Gasteiger partial charge on any atom is 0.404 e. The van der Waals surface area contributed by atoms with Crippen molar-refractivity contribution in [2.75, 3.05) is 12.3 Å². The predicted molar refractivity (Wildman–Crippen MR) is 68.9 cm³/mol. The van der Waals surface area contributed by atoms with Crippen molar-refractivity contribution in [2.24, 2.45) is 5.73 Å². The zero-order valence-electron chi connectivity index (χ0n) is 9.92. The normalized spacial score (nSPS) is 10.3. The lowest BCUT2D eigenvalue weighted by molar-refractivity contribution is 0.154. The van der Waals surface area contributed by atoms with E-state index in [4.69, 9.17) is 23.1 Å². The van der Waals surface area contributed by atoms with E-state index in [2.05, 4.69) is 4.74 Å². The Kier molecular flexibility index (Phi) is 5.71. The highest BCUT2D eigenvalue weighted by atomic mass is 35.5. The van der Waals surface area contributed by atoms with Crippen LogP contribution in [0.1, 0.15) is 24.8 Å². The van der Waals surface area contributed by atoms with Gasteiger partial charge in [0.05, 0.1) is 12.3 Å². The van der Waals surface area contributed by atoms with Gasteiger partial charge in [0.25, 0.3) is 0 Å². The topological polar surface area (TPSA) is 78.3 Å². The van der Waals surface area contributed by atoms with E-state index in [-0.39, 0.29) is 5.69 Å². The second-order valence-electron chi connectivity index (χ2n) is 3.94. The highest BCUT2D eigenvalue weighted by Gasteiger charge is 2.06. The zero-order valence-corrected chi connectivity index (χ0v) is 10.7. The van der Waals surface area contributed by atoms with Crippen LogP contribution in [0.15, 0.2) is 12.1 Å². The average Bonchev–Trinajstić information content (AvgIpc) is 2.29. The summed E-state index contributed by atoms with van der Waals surface area (Å²) in [6, 6.07) is 2.78. The number of hydrogen-bond acceptors (Lipinski definition) is 3. The first-order chi connectivity index (χ1) is 8.50. The first kappa shape index (κ1) is 14.6.